The van der Waals surface area contributed by atoms with Crippen LogP contribution in [0.5, 0.6) is 0 Å². The highest BCUT2D eigenvalue weighted by atomic mass is 16.5. The van der Waals surface area contributed by atoms with Crippen LogP contribution in [0.1, 0.15) is 56.3 Å². The van der Waals surface area contributed by atoms with Crippen molar-refractivity contribution in [3.63, 3.8) is 0 Å². The fourth-order valence-corrected chi connectivity index (χ4v) is 2.17. The van der Waals surface area contributed by atoms with Gasteiger partial charge < -0.3 is 10.1 Å². The van der Waals surface area contributed by atoms with Crippen molar-refractivity contribution in [2.24, 2.45) is 0 Å². The van der Waals surface area contributed by atoms with E-state index in [4.69, 9.17) is 4.74 Å². The SMILES string of the molecule is CCCNC(COC(C)CC)c1ccc(C)cc1C. The Balaban J connectivity index is 2.76. The fourth-order valence-electron chi connectivity index (χ4n) is 2.17. The third-order valence-electron chi connectivity index (χ3n) is 3.56. The van der Waals surface area contributed by atoms with Crippen molar-refractivity contribution in [3.05, 3.63) is 34.9 Å². The van der Waals surface area contributed by atoms with E-state index in [1.54, 1.807) is 0 Å². The van der Waals surface area contributed by atoms with Crippen LogP contribution in [-0.2, 0) is 4.74 Å². The average Bonchev–Trinajstić information content (AvgIpc) is 2.39. The van der Waals surface area contributed by atoms with Gasteiger partial charge in [-0.1, -0.05) is 37.6 Å². The molecule has 1 aromatic carbocycles. The Bertz CT molecular complexity index is 376. The average molecular weight is 263 g/mol. The minimum absolute atomic E-state index is 0.301. The smallest absolute Gasteiger partial charge is 0.0665 e. The summed E-state index contributed by atoms with van der Waals surface area (Å²) in [6.07, 6.45) is 2.54. The molecule has 2 unspecified atom stereocenters. The predicted molar refractivity (Wildman–Crippen MR) is 82.7 cm³/mol. The monoisotopic (exact) mass is 263 g/mol. The number of hydrogen-bond donors (Lipinski definition) is 1. The highest BCUT2D eigenvalue weighted by Crippen LogP contribution is 2.20. The number of hydrogen-bond acceptors (Lipinski definition) is 2. The first-order valence-corrected chi connectivity index (χ1v) is 7.50. The Hall–Kier alpha value is -0.860. The van der Waals surface area contributed by atoms with E-state index < -0.39 is 0 Å². The first-order chi connectivity index (χ1) is 9.08. The molecule has 0 bridgehead atoms. The fraction of sp³-hybridized carbons (Fsp3) is 0.647. The molecule has 0 aliphatic heterocycles. The van der Waals surface area contributed by atoms with Crippen molar-refractivity contribution in [2.75, 3.05) is 13.2 Å². The van der Waals surface area contributed by atoms with Gasteiger partial charge in [-0.25, -0.2) is 0 Å². The zero-order valence-electron chi connectivity index (χ0n) is 13.1. The summed E-state index contributed by atoms with van der Waals surface area (Å²) in [7, 11) is 0. The lowest BCUT2D eigenvalue weighted by atomic mass is 9.99. The molecule has 0 amide bonds. The van der Waals surface area contributed by atoms with Gasteiger partial charge in [0, 0.05) is 0 Å². The van der Waals surface area contributed by atoms with E-state index in [2.05, 4.69) is 58.1 Å². The maximum Gasteiger partial charge on any atom is 0.0665 e. The zero-order chi connectivity index (χ0) is 14.3. The summed E-state index contributed by atoms with van der Waals surface area (Å²) < 4.78 is 5.93. The van der Waals surface area contributed by atoms with Crippen molar-refractivity contribution in [1.82, 2.24) is 5.32 Å². The highest BCUT2D eigenvalue weighted by Gasteiger charge is 2.14. The summed E-state index contributed by atoms with van der Waals surface area (Å²) in [5.41, 5.74) is 4.03. The second-order valence-corrected chi connectivity index (χ2v) is 5.42. The Kier molecular flexibility index (Phi) is 7.11. The van der Waals surface area contributed by atoms with E-state index in [0.29, 0.717) is 12.1 Å². The van der Waals surface area contributed by atoms with Crippen LogP contribution in [0.2, 0.25) is 0 Å². The third-order valence-corrected chi connectivity index (χ3v) is 3.56. The molecule has 0 spiro atoms. The van der Waals surface area contributed by atoms with Crippen LogP contribution in [0.4, 0.5) is 0 Å². The summed E-state index contributed by atoms with van der Waals surface area (Å²) in [6.45, 7) is 12.6. The van der Waals surface area contributed by atoms with Crippen molar-refractivity contribution < 1.29 is 4.74 Å². The van der Waals surface area contributed by atoms with Crippen LogP contribution in [0.15, 0.2) is 18.2 Å². The van der Waals surface area contributed by atoms with Gasteiger partial charge in [-0.15, -0.1) is 0 Å². The molecule has 108 valence electrons. The van der Waals surface area contributed by atoms with Gasteiger partial charge in [0.05, 0.1) is 18.8 Å². The highest BCUT2D eigenvalue weighted by molar-refractivity contribution is 5.32. The second-order valence-electron chi connectivity index (χ2n) is 5.42. The minimum Gasteiger partial charge on any atom is -0.377 e. The molecule has 0 aliphatic carbocycles. The van der Waals surface area contributed by atoms with Gasteiger partial charge in [0.15, 0.2) is 0 Å². The standard InChI is InChI=1S/C17H29NO/c1-6-10-18-17(12-19-15(5)7-2)16-9-8-13(3)11-14(16)4/h8-9,11,15,17-18H,6-7,10,12H2,1-5H3. The number of nitrogens with one attached hydrogen (secondary N) is 1. The first kappa shape index (κ1) is 16.2. The number of rotatable bonds is 8. The van der Waals surface area contributed by atoms with Crippen molar-refractivity contribution in [2.45, 2.75) is 59.6 Å². The molecule has 2 heteroatoms. The van der Waals surface area contributed by atoms with Gasteiger partial charge in [-0.2, -0.15) is 0 Å². The molecular formula is C17H29NO. The Morgan fingerprint density at radius 3 is 2.53 bits per heavy atom. The lowest BCUT2D eigenvalue weighted by Crippen LogP contribution is -2.28. The van der Waals surface area contributed by atoms with Crippen LogP contribution in [0, 0.1) is 13.8 Å². The Morgan fingerprint density at radius 1 is 1.21 bits per heavy atom. The van der Waals surface area contributed by atoms with Gasteiger partial charge in [0.2, 0.25) is 0 Å². The molecule has 2 atom stereocenters. The molecule has 0 saturated heterocycles. The molecule has 0 aliphatic rings. The summed E-state index contributed by atoms with van der Waals surface area (Å²) in [4.78, 5) is 0. The van der Waals surface area contributed by atoms with E-state index in [0.717, 1.165) is 26.0 Å². The normalized spacial score (nSPS) is 14.4. The molecular weight excluding hydrogens is 234 g/mol. The van der Waals surface area contributed by atoms with Crippen LogP contribution in [0.25, 0.3) is 0 Å². The van der Waals surface area contributed by atoms with E-state index in [9.17, 15) is 0 Å². The van der Waals surface area contributed by atoms with Crippen LogP contribution in [0.3, 0.4) is 0 Å². The van der Waals surface area contributed by atoms with Gasteiger partial charge in [0.1, 0.15) is 0 Å². The molecule has 2 nitrogen and oxygen atoms in total. The molecule has 0 radical (unpaired) electrons. The second kappa shape index (κ2) is 8.34. The van der Waals surface area contributed by atoms with Crippen molar-refractivity contribution >= 4 is 0 Å². The van der Waals surface area contributed by atoms with Gasteiger partial charge in [-0.05, 0) is 51.3 Å². The molecule has 1 N–H and O–H groups in total. The molecule has 0 aromatic heterocycles. The minimum atomic E-state index is 0.301. The predicted octanol–water partition coefficient (Wildman–Crippen LogP) is 4.16. The Labute approximate surface area is 118 Å². The van der Waals surface area contributed by atoms with E-state index >= 15 is 0 Å². The lowest BCUT2D eigenvalue weighted by Gasteiger charge is -2.23. The van der Waals surface area contributed by atoms with Crippen molar-refractivity contribution in [1.29, 1.82) is 0 Å². The van der Waals surface area contributed by atoms with Crippen molar-refractivity contribution in [3.8, 4) is 0 Å². The van der Waals surface area contributed by atoms with E-state index in [-0.39, 0.29) is 0 Å². The molecule has 19 heavy (non-hydrogen) atoms. The maximum atomic E-state index is 5.93. The zero-order valence-corrected chi connectivity index (χ0v) is 13.1. The van der Waals surface area contributed by atoms with Gasteiger partial charge >= 0.3 is 0 Å². The van der Waals surface area contributed by atoms with Crippen LogP contribution in [-0.4, -0.2) is 19.3 Å². The topological polar surface area (TPSA) is 21.3 Å². The molecule has 0 heterocycles. The summed E-state index contributed by atoms with van der Waals surface area (Å²) in [5.74, 6) is 0. The third kappa shape index (κ3) is 5.33. The van der Waals surface area contributed by atoms with Crippen LogP contribution >= 0.6 is 0 Å². The summed E-state index contributed by atoms with van der Waals surface area (Å²) >= 11 is 0. The lowest BCUT2D eigenvalue weighted by molar-refractivity contribution is 0.0473. The number of aryl methyl sites for hydroxylation is 2. The first-order valence-electron chi connectivity index (χ1n) is 7.50. The number of ether oxygens (including phenoxy) is 1. The largest absolute Gasteiger partial charge is 0.377 e. The quantitative estimate of drug-likeness (QED) is 0.760. The molecule has 1 rings (SSSR count). The van der Waals surface area contributed by atoms with Crippen LogP contribution < -0.4 is 5.32 Å². The number of benzene rings is 1. The summed E-state index contributed by atoms with van der Waals surface area (Å²) in [5, 5.41) is 3.60. The molecule has 1 aromatic rings. The van der Waals surface area contributed by atoms with E-state index in [1.807, 2.05) is 0 Å². The van der Waals surface area contributed by atoms with E-state index in [1.165, 1.54) is 16.7 Å². The molecule has 0 fully saturated rings. The molecule has 0 saturated carbocycles. The van der Waals surface area contributed by atoms with Gasteiger partial charge in [-0.3, -0.25) is 0 Å². The Morgan fingerprint density at radius 2 is 1.95 bits per heavy atom. The maximum absolute atomic E-state index is 5.93. The van der Waals surface area contributed by atoms with Gasteiger partial charge in [0.25, 0.3) is 0 Å². The summed E-state index contributed by atoms with van der Waals surface area (Å²) in [6, 6.07) is 6.97.